The molecule has 3 rings (SSSR count). The summed E-state index contributed by atoms with van der Waals surface area (Å²) >= 11 is 3.93. The lowest BCUT2D eigenvalue weighted by Gasteiger charge is -2.25. The Morgan fingerprint density at radius 3 is 2.10 bits per heavy atom. The van der Waals surface area contributed by atoms with E-state index in [2.05, 4.69) is 33.6 Å². The summed E-state index contributed by atoms with van der Waals surface area (Å²) in [5.41, 5.74) is 13.9. The van der Waals surface area contributed by atoms with Crippen LogP contribution in [0.4, 0.5) is 0 Å². The number of para-hydroxylation sites is 1. The van der Waals surface area contributed by atoms with Crippen LogP contribution in [-0.4, -0.2) is 69.6 Å². The van der Waals surface area contributed by atoms with E-state index >= 15 is 0 Å². The first-order chi connectivity index (χ1) is 19.6. The van der Waals surface area contributed by atoms with Gasteiger partial charge in [0.15, 0.2) is 0 Å². The molecule has 0 radical (unpaired) electrons. The maximum Gasteiger partial charge on any atom is 0.327 e. The first-order valence-corrected chi connectivity index (χ1v) is 13.6. The van der Waals surface area contributed by atoms with Crippen LogP contribution >= 0.6 is 12.6 Å². The van der Waals surface area contributed by atoms with Gasteiger partial charge in [0, 0.05) is 35.7 Å². The standard InChI is InChI=1S/C28H34N6O6S/c29-19(13-17-14-31-20-9-5-4-8-18(17)20)25(36)33-22(12-16-6-2-1-3-7-16)27(38)32-21(10-11-24(30)35)26(37)34-23(15-41)28(39)40/h1-9,14,19,21-23,31,41H,10-13,15,29H2,(H2,30,35)(H,32,38)(H,33,36)(H,34,37)(H,39,40). The number of amides is 4. The zero-order chi connectivity index (χ0) is 29.9. The van der Waals surface area contributed by atoms with Gasteiger partial charge in [-0.25, -0.2) is 4.79 Å². The summed E-state index contributed by atoms with van der Waals surface area (Å²) in [6, 6.07) is 11.8. The summed E-state index contributed by atoms with van der Waals surface area (Å²) in [7, 11) is 0. The number of rotatable bonds is 15. The summed E-state index contributed by atoms with van der Waals surface area (Å²) in [6.45, 7) is 0. The molecule has 2 aromatic carbocycles. The van der Waals surface area contributed by atoms with Crippen LogP contribution in [0, 0.1) is 0 Å². The summed E-state index contributed by atoms with van der Waals surface area (Å²) in [5, 5.41) is 17.7. The molecule has 1 heterocycles. The normalized spacial score (nSPS) is 13.9. The molecule has 0 saturated heterocycles. The highest BCUT2D eigenvalue weighted by Crippen LogP contribution is 2.19. The number of H-pyrrole nitrogens is 1. The van der Waals surface area contributed by atoms with Gasteiger partial charge >= 0.3 is 5.97 Å². The molecule has 9 N–H and O–H groups in total. The van der Waals surface area contributed by atoms with Gasteiger partial charge in [-0.15, -0.1) is 0 Å². The van der Waals surface area contributed by atoms with Crippen molar-refractivity contribution < 1.29 is 29.1 Å². The number of aliphatic carboxylic acids is 1. The molecule has 0 bridgehead atoms. The van der Waals surface area contributed by atoms with Gasteiger partial charge in [0.2, 0.25) is 23.6 Å². The second kappa shape index (κ2) is 14.9. The number of carboxylic acids is 1. The molecule has 13 heteroatoms. The van der Waals surface area contributed by atoms with E-state index in [0.717, 1.165) is 22.0 Å². The van der Waals surface area contributed by atoms with Crippen LogP contribution in [0.5, 0.6) is 0 Å². The SMILES string of the molecule is NC(=O)CCC(NC(=O)C(Cc1ccccc1)NC(=O)C(N)Cc1c[nH]c2ccccc12)C(=O)NC(CS)C(=O)O. The number of primary amides is 1. The van der Waals surface area contributed by atoms with Crippen LogP contribution in [0.2, 0.25) is 0 Å². The third-order valence-electron chi connectivity index (χ3n) is 6.48. The lowest BCUT2D eigenvalue weighted by molar-refractivity contribution is -0.141. The van der Waals surface area contributed by atoms with Crippen LogP contribution in [0.15, 0.2) is 60.8 Å². The Morgan fingerprint density at radius 2 is 1.44 bits per heavy atom. The maximum absolute atomic E-state index is 13.4. The van der Waals surface area contributed by atoms with E-state index in [4.69, 9.17) is 11.5 Å². The second-order valence-corrected chi connectivity index (χ2v) is 9.93. The number of hydrogen-bond donors (Lipinski definition) is 8. The van der Waals surface area contributed by atoms with Crippen LogP contribution in [0.1, 0.15) is 24.0 Å². The van der Waals surface area contributed by atoms with Gasteiger partial charge < -0.3 is 37.5 Å². The fourth-order valence-electron chi connectivity index (χ4n) is 4.25. The lowest BCUT2D eigenvalue weighted by Crippen LogP contribution is -2.58. The van der Waals surface area contributed by atoms with Gasteiger partial charge in [-0.1, -0.05) is 48.5 Å². The van der Waals surface area contributed by atoms with E-state index in [1.165, 1.54) is 0 Å². The molecule has 4 atom stereocenters. The molecule has 0 aliphatic carbocycles. The Kier molecular flexibility index (Phi) is 11.3. The molecule has 41 heavy (non-hydrogen) atoms. The molecule has 0 saturated carbocycles. The van der Waals surface area contributed by atoms with Gasteiger partial charge in [0.25, 0.3) is 0 Å². The minimum atomic E-state index is -1.32. The number of benzene rings is 2. The highest BCUT2D eigenvalue weighted by atomic mass is 32.1. The lowest BCUT2D eigenvalue weighted by atomic mass is 10.0. The van der Waals surface area contributed by atoms with Crippen molar-refractivity contribution in [1.29, 1.82) is 0 Å². The number of nitrogens with one attached hydrogen (secondary N) is 4. The number of aromatic nitrogens is 1. The van der Waals surface area contributed by atoms with E-state index in [-0.39, 0.29) is 31.4 Å². The van der Waals surface area contributed by atoms with Crippen molar-refractivity contribution in [3.05, 3.63) is 71.9 Å². The average molecular weight is 583 g/mol. The van der Waals surface area contributed by atoms with Crippen molar-refractivity contribution >= 4 is 53.1 Å². The topological polar surface area (TPSA) is 209 Å². The van der Waals surface area contributed by atoms with Crippen molar-refractivity contribution in [2.24, 2.45) is 11.5 Å². The Balaban J connectivity index is 1.77. The molecule has 12 nitrogen and oxygen atoms in total. The number of carbonyl (C=O) groups excluding carboxylic acids is 4. The van der Waals surface area contributed by atoms with Gasteiger partial charge in [-0.2, -0.15) is 12.6 Å². The quantitative estimate of drug-likeness (QED) is 0.115. The van der Waals surface area contributed by atoms with Crippen molar-refractivity contribution in [3.63, 3.8) is 0 Å². The minimum absolute atomic E-state index is 0.0801. The average Bonchev–Trinajstić information content (AvgIpc) is 3.36. The Hall–Kier alpha value is -4.36. The zero-order valence-electron chi connectivity index (χ0n) is 22.2. The van der Waals surface area contributed by atoms with Crippen molar-refractivity contribution in [2.75, 3.05) is 5.75 Å². The van der Waals surface area contributed by atoms with Crippen LogP contribution in [0.25, 0.3) is 10.9 Å². The predicted octanol–water partition coefficient (Wildman–Crippen LogP) is 0.0147. The molecular weight excluding hydrogens is 548 g/mol. The van der Waals surface area contributed by atoms with E-state index in [9.17, 15) is 29.1 Å². The molecule has 0 fully saturated rings. The smallest absolute Gasteiger partial charge is 0.327 e. The van der Waals surface area contributed by atoms with E-state index < -0.39 is 53.8 Å². The summed E-state index contributed by atoms with van der Waals surface area (Å²) in [6.07, 6.45) is 1.64. The maximum atomic E-state index is 13.4. The molecular formula is C28H34N6O6S. The van der Waals surface area contributed by atoms with Crippen molar-refractivity contribution in [1.82, 2.24) is 20.9 Å². The highest BCUT2D eigenvalue weighted by molar-refractivity contribution is 7.80. The number of hydrogen-bond acceptors (Lipinski definition) is 7. The zero-order valence-corrected chi connectivity index (χ0v) is 23.1. The van der Waals surface area contributed by atoms with E-state index in [1.54, 1.807) is 36.5 Å². The molecule has 0 spiro atoms. The summed E-state index contributed by atoms with van der Waals surface area (Å²) in [5.74, 6) is -4.35. The summed E-state index contributed by atoms with van der Waals surface area (Å²) < 4.78 is 0. The van der Waals surface area contributed by atoms with E-state index in [1.807, 2.05) is 24.3 Å². The molecule has 0 aliphatic rings. The molecule has 0 aliphatic heterocycles. The Labute approximate surface area is 242 Å². The first-order valence-electron chi connectivity index (χ1n) is 13.0. The van der Waals surface area contributed by atoms with Crippen LogP contribution in [0.3, 0.4) is 0 Å². The largest absolute Gasteiger partial charge is 0.480 e. The molecule has 4 unspecified atom stereocenters. The van der Waals surface area contributed by atoms with Gasteiger partial charge in [-0.05, 0) is 30.0 Å². The second-order valence-electron chi connectivity index (χ2n) is 9.57. The number of nitrogens with two attached hydrogens (primary N) is 2. The minimum Gasteiger partial charge on any atom is -0.480 e. The first kappa shape index (κ1) is 31.2. The number of fused-ring (bicyclic) bond motifs is 1. The third kappa shape index (κ3) is 9.08. The predicted molar refractivity (Wildman–Crippen MR) is 156 cm³/mol. The molecule has 218 valence electrons. The van der Waals surface area contributed by atoms with Crippen LogP contribution < -0.4 is 27.4 Å². The number of carbonyl (C=O) groups is 5. The fraction of sp³-hybridized carbons (Fsp3) is 0.321. The molecule has 3 aromatic rings. The van der Waals surface area contributed by atoms with Crippen LogP contribution in [-0.2, 0) is 36.8 Å². The number of aromatic amines is 1. The van der Waals surface area contributed by atoms with Gasteiger partial charge in [-0.3, -0.25) is 19.2 Å². The van der Waals surface area contributed by atoms with Crippen molar-refractivity contribution in [2.45, 2.75) is 49.9 Å². The summed E-state index contributed by atoms with van der Waals surface area (Å²) in [4.78, 5) is 65.4. The molecule has 4 amide bonds. The Bertz CT molecular complexity index is 1380. The monoisotopic (exact) mass is 582 g/mol. The number of carboxylic acid groups (broad SMARTS) is 1. The Morgan fingerprint density at radius 1 is 0.829 bits per heavy atom. The fourth-order valence-corrected chi connectivity index (χ4v) is 4.50. The van der Waals surface area contributed by atoms with Gasteiger partial charge in [0.1, 0.15) is 18.1 Å². The molecule has 1 aromatic heterocycles. The number of thiol groups is 1. The van der Waals surface area contributed by atoms with Gasteiger partial charge in [0.05, 0.1) is 6.04 Å². The van der Waals surface area contributed by atoms with Crippen molar-refractivity contribution in [3.8, 4) is 0 Å². The highest BCUT2D eigenvalue weighted by Gasteiger charge is 2.30. The third-order valence-corrected chi connectivity index (χ3v) is 6.84. The van der Waals surface area contributed by atoms with E-state index in [0.29, 0.717) is 0 Å².